The zero-order valence-corrected chi connectivity index (χ0v) is 10.3. The molecule has 2 aliphatic carbocycles. The average molecular weight is 242 g/mol. The Morgan fingerprint density at radius 2 is 2.11 bits per heavy atom. The van der Waals surface area contributed by atoms with Crippen molar-refractivity contribution in [2.45, 2.75) is 31.3 Å². The van der Waals surface area contributed by atoms with E-state index >= 15 is 0 Å². The van der Waals surface area contributed by atoms with Crippen LogP contribution in [0.3, 0.4) is 0 Å². The summed E-state index contributed by atoms with van der Waals surface area (Å²) in [6.07, 6.45) is 6.66. The van der Waals surface area contributed by atoms with E-state index in [1.165, 1.54) is 11.1 Å². The van der Waals surface area contributed by atoms with E-state index in [9.17, 15) is 4.79 Å². The van der Waals surface area contributed by atoms with Crippen molar-refractivity contribution < 1.29 is 4.79 Å². The molecule has 0 spiro atoms. The number of amides is 1. The Morgan fingerprint density at radius 1 is 1.28 bits per heavy atom. The maximum Gasteiger partial charge on any atom is 0.227 e. The fourth-order valence-electron chi connectivity index (χ4n) is 2.91. The van der Waals surface area contributed by atoms with Crippen LogP contribution >= 0.6 is 0 Å². The molecule has 1 aromatic carbocycles. The maximum atomic E-state index is 12.1. The van der Waals surface area contributed by atoms with Crippen molar-refractivity contribution in [2.24, 2.45) is 11.7 Å². The van der Waals surface area contributed by atoms with Crippen molar-refractivity contribution in [1.29, 1.82) is 0 Å². The Kier molecular flexibility index (Phi) is 2.92. The van der Waals surface area contributed by atoms with E-state index in [1.807, 2.05) is 18.2 Å². The third kappa shape index (κ3) is 2.06. The lowest BCUT2D eigenvalue weighted by Gasteiger charge is -2.17. The minimum Gasteiger partial charge on any atom is -0.349 e. The van der Waals surface area contributed by atoms with Crippen LogP contribution < -0.4 is 11.1 Å². The van der Waals surface area contributed by atoms with Gasteiger partial charge in [-0.2, -0.15) is 0 Å². The summed E-state index contributed by atoms with van der Waals surface area (Å²) in [6, 6.07) is 8.57. The molecule has 0 aromatic heterocycles. The van der Waals surface area contributed by atoms with Crippen molar-refractivity contribution in [2.75, 3.05) is 0 Å². The lowest BCUT2D eigenvalue weighted by atomic mass is 10.0. The Hall–Kier alpha value is -1.61. The molecule has 2 aliphatic rings. The number of fused-ring (bicyclic) bond motifs is 1. The predicted octanol–water partition coefficient (Wildman–Crippen LogP) is 1.69. The number of benzene rings is 1. The van der Waals surface area contributed by atoms with Gasteiger partial charge in [0, 0.05) is 6.04 Å². The predicted molar refractivity (Wildman–Crippen MR) is 70.9 cm³/mol. The summed E-state index contributed by atoms with van der Waals surface area (Å²) in [5, 5.41) is 3.15. The Bertz CT molecular complexity index is 495. The van der Waals surface area contributed by atoms with Crippen molar-refractivity contribution in [3.8, 4) is 0 Å². The quantitative estimate of drug-likeness (QED) is 0.775. The van der Waals surface area contributed by atoms with E-state index in [-0.39, 0.29) is 23.9 Å². The molecule has 3 nitrogen and oxygen atoms in total. The molecule has 0 fully saturated rings. The van der Waals surface area contributed by atoms with Crippen molar-refractivity contribution in [1.82, 2.24) is 5.32 Å². The molecular formula is C15H18N2O. The summed E-state index contributed by atoms with van der Waals surface area (Å²) < 4.78 is 0. The van der Waals surface area contributed by atoms with Crippen LogP contribution in [0.4, 0.5) is 0 Å². The maximum absolute atomic E-state index is 12.1. The van der Waals surface area contributed by atoms with Gasteiger partial charge in [-0.3, -0.25) is 4.79 Å². The molecule has 18 heavy (non-hydrogen) atoms. The molecule has 0 heterocycles. The van der Waals surface area contributed by atoms with Gasteiger partial charge in [0.2, 0.25) is 5.91 Å². The smallest absolute Gasteiger partial charge is 0.227 e. The highest BCUT2D eigenvalue weighted by Gasteiger charge is 2.28. The van der Waals surface area contributed by atoms with Gasteiger partial charge in [0.25, 0.3) is 0 Å². The number of rotatable bonds is 2. The van der Waals surface area contributed by atoms with Crippen LogP contribution in [0.5, 0.6) is 0 Å². The van der Waals surface area contributed by atoms with Crippen LogP contribution in [0.2, 0.25) is 0 Å². The van der Waals surface area contributed by atoms with Crippen LogP contribution in [0, 0.1) is 5.92 Å². The normalized spacial score (nSPS) is 29.3. The van der Waals surface area contributed by atoms with E-state index in [2.05, 4.69) is 23.5 Å². The number of aryl methyl sites for hydroxylation is 1. The molecule has 0 saturated carbocycles. The fraction of sp³-hybridized carbons (Fsp3) is 0.400. The number of nitrogens with two attached hydrogens (primary N) is 1. The summed E-state index contributed by atoms with van der Waals surface area (Å²) in [6.45, 7) is 0. The lowest BCUT2D eigenvalue weighted by molar-refractivity contribution is -0.124. The van der Waals surface area contributed by atoms with Gasteiger partial charge in [-0.1, -0.05) is 36.4 Å². The van der Waals surface area contributed by atoms with Gasteiger partial charge in [-0.05, 0) is 30.4 Å². The van der Waals surface area contributed by atoms with E-state index in [1.54, 1.807) is 0 Å². The largest absolute Gasteiger partial charge is 0.349 e. The number of carbonyl (C=O) groups excluding carboxylic acids is 1. The van der Waals surface area contributed by atoms with Crippen molar-refractivity contribution >= 4 is 5.91 Å². The summed E-state index contributed by atoms with van der Waals surface area (Å²) in [5.41, 5.74) is 8.42. The Morgan fingerprint density at radius 3 is 2.89 bits per heavy atom. The third-order valence-corrected chi connectivity index (χ3v) is 3.90. The lowest BCUT2D eigenvalue weighted by Crippen LogP contribution is -2.33. The zero-order chi connectivity index (χ0) is 12.5. The third-order valence-electron chi connectivity index (χ3n) is 3.90. The Balaban J connectivity index is 1.68. The molecule has 3 rings (SSSR count). The molecule has 3 unspecified atom stereocenters. The van der Waals surface area contributed by atoms with Gasteiger partial charge in [0.15, 0.2) is 0 Å². The number of carbonyl (C=O) groups is 1. The van der Waals surface area contributed by atoms with Gasteiger partial charge in [0.1, 0.15) is 0 Å². The molecule has 0 radical (unpaired) electrons. The summed E-state index contributed by atoms with van der Waals surface area (Å²) >= 11 is 0. The van der Waals surface area contributed by atoms with Gasteiger partial charge < -0.3 is 11.1 Å². The Labute approximate surface area is 107 Å². The zero-order valence-electron chi connectivity index (χ0n) is 10.3. The average Bonchev–Trinajstić information content (AvgIpc) is 2.97. The molecule has 0 saturated heterocycles. The monoisotopic (exact) mass is 242 g/mol. The topological polar surface area (TPSA) is 55.1 Å². The van der Waals surface area contributed by atoms with Gasteiger partial charge >= 0.3 is 0 Å². The molecule has 1 amide bonds. The summed E-state index contributed by atoms with van der Waals surface area (Å²) in [4.78, 5) is 12.1. The summed E-state index contributed by atoms with van der Waals surface area (Å²) in [5.74, 6) is 0.0636. The van der Waals surface area contributed by atoms with Crippen molar-refractivity contribution in [3.05, 3.63) is 47.5 Å². The van der Waals surface area contributed by atoms with Gasteiger partial charge in [-0.15, -0.1) is 0 Å². The second kappa shape index (κ2) is 4.58. The molecule has 1 aromatic rings. The first-order valence-electron chi connectivity index (χ1n) is 6.56. The molecule has 94 valence electrons. The fourth-order valence-corrected chi connectivity index (χ4v) is 2.91. The minimum atomic E-state index is -0.0484. The molecule has 0 aliphatic heterocycles. The van der Waals surface area contributed by atoms with Crippen molar-refractivity contribution in [3.63, 3.8) is 0 Å². The second-order valence-corrected chi connectivity index (χ2v) is 5.19. The van der Waals surface area contributed by atoms with Crippen LogP contribution in [0.1, 0.15) is 30.0 Å². The van der Waals surface area contributed by atoms with Gasteiger partial charge in [-0.25, -0.2) is 0 Å². The number of nitrogens with one attached hydrogen (secondary N) is 1. The van der Waals surface area contributed by atoms with Crippen LogP contribution in [-0.2, 0) is 11.2 Å². The van der Waals surface area contributed by atoms with Crippen LogP contribution in [0.25, 0.3) is 0 Å². The number of hydrogen-bond donors (Lipinski definition) is 2. The molecule has 3 heteroatoms. The van der Waals surface area contributed by atoms with E-state index < -0.39 is 0 Å². The van der Waals surface area contributed by atoms with Crippen LogP contribution in [-0.4, -0.2) is 11.9 Å². The summed E-state index contributed by atoms with van der Waals surface area (Å²) in [7, 11) is 0. The standard InChI is InChI=1S/C15H18N2O/c16-12-7-5-11(9-12)15(18)17-14-8-6-10-3-1-2-4-13(10)14/h1-5,7,11-12,14H,6,8-9,16H2,(H,17,18). The molecule has 3 N–H and O–H groups in total. The highest BCUT2D eigenvalue weighted by atomic mass is 16.1. The molecule has 3 atom stereocenters. The highest BCUT2D eigenvalue weighted by Crippen LogP contribution is 2.31. The van der Waals surface area contributed by atoms with E-state index in [4.69, 9.17) is 5.73 Å². The molecule has 0 bridgehead atoms. The van der Waals surface area contributed by atoms with Gasteiger partial charge in [0.05, 0.1) is 12.0 Å². The SMILES string of the molecule is NC1C=CC(C(=O)NC2CCc3ccccc32)C1. The minimum absolute atomic E-state index is 0.0385. The highest BCUT2D eigenvalue weighted by molar-refractivity contribution is 5.81. The molecular weight excluding hydrogens is 224 g/mol. The van der Waals surface area contributed by atoms with E-state index in [0.29, 0.717) is 0 Å². The van der Waals surface area contributed by atoms with E-state index in [0.717, 1.165) is 19.3 Å². The first-order chi connectivity index (χ1) is 8.74. The first-order valence-corrected chi connectivity index (χ1v) is 6.56. The second-order valence-electron chi connectivity index (χ2n) is 5.19. The number of hydrogen-bond acceptors (Lipinski definition) is 2. The van der Waals surface area contributed by atoms with Crippen LogP contribution in [0.15, 0.2) is 36.4 Å². The first kappa shape index (κ1) is 11.5.